The van der Waals surface area contributed by atoms with Crippen molar-refractivity contribution in [1.29, 1.82) is 0 Å². The number of hydrogen-bond acceptors (Lipinski definition) is 9. The number of rotatable bonds is 9. The number of fused-ring (bicyclic) bond motifs is 1. The van der Waals surface area contributed by atoms with Crippen molar-refractivity contribution < 1.29 is 22.7 Å². The molecule has 4 aromatic rings. The van der Waals surface area contributed by atoms with E-state index in [4.69, 9.17) is 9.47 Å². The third-order valence-electron chi connectivity index (χ3n) is 5.29. The predicted molar refractivity (Wildman–Crippen MR) is 143 cm³/mol. The van der Waals surface area contributed by atoms with Crippen molar-refractivity contribution in [2.24, 2.45) is 0 Å². The van der Waals surface area contributed by atoms with Crippen LogP contribution in [0.25, 0.3) is 0 Å². The number of ether oxygens (including phenoxy) is 2. The second kappa shape index (κ2) is 11.2. The number of hydrogen-bond donors (Lipinski definition) is 1. The van der Waals surface area contributed by atoms with Crippen LogP contribution in [-0.2, 0) is 20.6 Å². The first-order chi connectivity index (χ1) is 18.0. The Hall–Kier alpha value is -3.61. The molecule has 5 rings (SSSR count). The van der Waals surface area contributed by atoms with Crippen molar-refractivity contribution in [2.45, 2.75) is 15.0 Å². The molecule has 9 nitrogen and oxygen atoms in total. The van der Waals surface area contributed by atoms with Gasteiger partial charge in [0, 0.05) is 11.8 Å². The lowest BCUT2D eigenvalue weighted by molar-refractivity contribution is -0.114. The molecular formula is C25H22N4O5S3. The second-order valence-electron chi connectivity index (χ2n) is 7.85. The maximum atomic E-state index is 13.6. The van der Waals surface area contributed by atoms with Gasteiger partial charge < -0.3 is 9.47 Å². The maximum absolute atomic E-state index is 13.6. The van der Waals surface area contributed by atoms with Gasteiger partial charge in [0.05, 0.1) is 10.6 Å². The van der Waals surface area contributed by atoms with Crippen molar-refractivity contribution >= 4 is 49.8 Å². The van der Waals surface area contributed by atoms with E-state index in [2.05, 4.69) is 15.5 Å². The Bertz CT molecular complexity index is 1480. The predicted octanol–water partition coefficient (Wildman–Crippen LogP) is 4.44. The van der Waals surface area contributed by atoms with Crippen LogP contribution in [0.2, 0.25) is 0 Å². The second-order valence-corrected chi connectivity index (χ2v) is 11.9. The van der Waals surface area contributed by atoms with Crippen LogP contribution in [0.4, 0.5) is 10.8 Å². The lowest BCUT2D eigenvalue weighted by Crippen LogP contribution is -2.38. The molecule has 1 aliphatic rings. The van der Waals surface area contributed by atoms with E-state index < -0.39 is 22.5 Å². The Kier molecular flexibility index (Phi) is 7.58. The number of sulfonamides is 1. The highest BCUT2D eigenvalue weighted by molar-refractivity contribution is 8.00. The third-order valence-corrected chi connectivity index (χ3v) is 9.12. The number of thioether (sulfide) groups is 1. The van der Waals surface area contributed by atoms with E-state index in [-0.39, 0.29) is 10.6 Å². The number of carbonyl (C=O) groups is 1. The van der Waals surface area contributed by atoms with Gasteiger partial charge in [0.1, 0.15) is 19.8 Å². The average Bonchev–Trinajstić information content (AvgIpc) is 3.38. The molecular weight excluding hydrogens is 532 g/mol. The Labute approximate surface area is 222 Å². The van der Waals surface area contributed by atoms with E-state index in [1.807, 2.05) is 30.3 Å². The van der Waals surface area contributed by atoms with E-state index >= 15 is 0 Å². The zero-order chi connectivity index (χ0) is 25.7. The summed E-state index contributed by atoms with van der Waals surface area (Å²) >= 11 is 2.74. The summed E-state index contributed by atoms with van der Waals surface area (Å²) in [6, 6.07) is 22.7. The Morgan fingerprint density at radius 3 is 2.41 bits per heavy atom. The first kappa shape index (κ1) is 25.1. The topological polar surface area (TPSA) is 111 Å². The zero-order valence-corrected chi connectivity index (χ0v) is 21.9. The molecule has 3 aromatic carbocycles. The molecule has 1 amide bonds. The van der Waals surface area contributed by atoms with E-state index in [0.717, 1.165) is 15.6 Å². The fourth-order valence-corrected chi connectivity index (χ4v) is 6.71. The van der Waals surface area contributed by atoms with E-state index in [9.17, 15) is 13.2 Å². The summed E-state index contributed by atoms with van der Waals surface area (Å²) in [7, 11) is -4.06. The fourth-order valence-electron chi connectivity index (χ4n) is 3.55. The molecule has 190 valence electrons. The standard InChI is InChI=1S/C25H22N4O5S3/c30-23(26-24-27-28-25(36-24)35-17-18-7-3-1-4-8-18)16-29(37(31,32)20-9-5-2-6-10-20)19-11-12-21-22(15-19)34-14-13-33-21/h1-12,15H,13-14,16-17H2,(H,26,27,30). The number of benzene rings is 3. The Morgan fingerprint density at radius 1 is 0.946 bits per heavy atom. The number of nitrogens with zero attached hydrogens (tertiary/aromatic N) is 3. The molecule has 0 aliphatic carbocycles. The zero-order valence-electron chi connectivity index (χ0n) is 19.4. The van der Waals surface area contributed by atoms with Crippen molar-refractivity contribution in [3.05, 3.63) is 84.4 Å². The molecule has 0 radical (unpaired) electrons. The van der Waals surface area contributed by atoms with Crippen LogP contribution in [-0.4, -0.2) is 44.3 Å². The molecule has 0 atom stereocenters. The normalized spacial score (nSPS) is 12.6. The maximum Gasteiger partial charge on any atom is 0.264 e. The van der Waals surface area contributed by atoms with E-state index in [0.29, 0.717) is 34.2 Å². The molecule has 12 heteroatoms. The Morgan fingerprint density at radius 2 is 1.65 bits per heavy atom. The summed E-state index contributed by atoms with van der Waals surface area (Å²) in [5.41, 5.74) is 1.43. The monoisotopic (exact) mass is 554 g/mol. The van der Waals surface area contributed by atoms with Crippen molar-refractivity contribution in [3.63, 3.8) is 0 Å². The highest BCUT2D eigenvalue weighted by Gasteiger charge is 2.29. The van der Waals surface area contributed by atoms with Crippen LogP contribution in [0.1, 0.15) is 5.56 Å². The lowest BCUT2D eigenvalue weighted by Gasteiger charge is -2.26. The highest BCUT2D eigenvalue weighted by Crippen LogP contribution is 2.36. The number of aromatic nitrogens is 2. The van der Waals surface area contributed by atoms with Gasteiger partial charge in [-0.1, -0.05) is 71.6 Å². The van der Waals surface area contributed by atoms with Gasteiger partial charge in [0.25, 0.3) is 10.0 Å². The van der Waals surface area contributed by atoms with Gasteiger partial charge >= 0.3 is 0 Å². The fraction of sp³-hybridized carbons (Fsp3) is 0.160. The molecule has 0 saturated carbocycles. The number of carbonyl (C=O) groups excluding carboxylic acids is 1. The van der Waals surface area contributed by atoms with Gasteiger partial charge in [-0.15, -0.1) is 10.2 Å². The van der Waals surface area contributed by atoms with Crippen molar-refractivity contribution in [1.82, 2.24) is 10.2 Å². The molecule has 0 unspecified atom stereocenters. The molecule has 0 bridgehead atoms. The van der Waals surface area contributed by atoms with E-state index in [1.165, 1.54) is 35.2 Å². The summed E-state index contributed by atoms with van der Waals surface area (Å²) < 4.78 is 40.0. The molecule has 0 saturated heterocycles. The van der Waals surface area contributed by atoms with Gasteiger partial charge in [-0.05, 0) is 29.8 Å². The molecule has 1 aromatic heterocycles. The van der Waals surface area contributed by atoms with E-state index in [1.54, 1.807) is 36.4 Å². The van der Waals surface area contributed by atoms with Crippen LogP contribution in [0.3, 0.4) is 0 Å². The summed E-state index contributed by atoms with van der Waals surface area (Å²) in [6.07, 6.45) is 0. The first-order valence-corrected chi connectivity index (χ1v) is 14.5. The van der Waals surface area contributed by atoms with Crippen LogP contribution >= 0.6 is 23.1 Å². The van der Waals surface area contributed by atoms with Gasteiger partial charge in [0.2, 0.25) is 11.0 Å². The third kappa shape index (κ3) is 6.04. The van der Waals surface area contributed by atoms with Crippen LogP contribution in [0.5, 0.6) is 11.5 Å². The smallest absolute Gasteiger partial charge is 0.264 e. The minimum Gasteiger partial charge on any atom is -0.486 e. The van der Waals surface area contributed by atoms with Gasteiger partial charge in [-0.3, -0.25) is 14.4 Å². The van der Waals surface area contributed by atoms with Gasteiger partial charge in [-0.2, -0.15) is 0 Å². The summed E-state index contributed by atoms with van der Waals surface area (Å²) in [6.45, 7) is 0.293. The molecule has 2 heterocycles. The molecule has 0 fully saturated rings. The summed E-state index contributed by atoms with van der Waals surface area (Å²) in [5.74, 6) is 1.11. The summed E-state index contributed by atoms with van der Waals surface area (Å²) in [4.78, 5) is 13.1. The minimum absolute atomic E-state index is 0.0632. The quantitative estimate of drug-likeness (QED) is 0.239. The molecule has 1 aliphatic heterocycles. The van der Waals surface area contributed by atoms with Gasteiger partial charge in [-0.25, -0.2) is 8.42 Å². The first-order valence-electron chi connectivity index (χ1n) is 11.3. The lowest BCUT2D eigenvalue weighted by atomic mass is 10.2. The SMILES string of the molecule is O=C(CN(c1ccc2c(c1)OCCO2)S(=O)(=O)c1ccccc1)Nc1nnc(SCc2ccccc2)s1. The minimum atomic E-state index is -4.06. The van der Waals surface area contributed by atoms with Gasteiger partial charge in [0.15, 0.2) is 15.8 Å². The van der Waals surface area contributed by atoms with Crippen molar-refractivity contribution in [2.75, 3.05) is 29.4 Å². The molecule has 0 spiro atoms. The Balaban J connectivity index is 1.34. The van der Waals surface area contributed by atoms with Crippen LogP contribution in [0, 0.1) is 0 Å². The molecule has 1 N–H and O–H groups in total. The number of amides is 1. The number of anilines is 2. The average molecular weight is 555 g/mol. The molecule has 37 heavy (non-hydrogen) atoms. The van der Waals surface area contributed by atoms with Crippen LogP contribution < -0.4 is 19.1 Å². The number of nitrogens with one attached hydrogen (secondary N) is 1. The largest absolute Gasteiger partial charge is 0.486 e. The van der Waals surface area contributed by atoms with Crippen molar-refractivity contribution in [3.8, 4) is 11.5 Å². The summed E-state index contributed by atoms with van der Waals surface area (Å²) in [5, 5.41) is 11.1. The van der Waals surface area contributed by atoms with Crippen LogP contribution in [0.15, 0.2) is 88.1 Å². The highest BCUT2D eigenvalue weighted by atomic mass is 32.2.